The molecule has 0 saturated carbocycles. The average molecular weight is 351 g/mol. The van der Waals surface area contributed by atoms with E-state index in [9.17, 15) is 9.59 Å². The maximum absolute atomic E-state index is 13.0. The van der Waals surface area contributed by atoms with Crippen molar-refractivity contribution in [2.75, 3.05) is 13.1 Å². The van der Waals surface area contributed by atoms with Crippen LogP contribution in [0.5, 0.6) is 0 Å². The molecule has 0 bridgehead atoms. The van der Waals surface area contributed by atoms with E-state index in [2.05, 4.69) is 11.9 Å². The van der Waals surface area contributed by atoms with E-state index in [0.29, 0.717) is 31.6 Å². The molecule has 2 amide bonds. The highest BCUT2D eigenvalue weighted by Gasteiger charge is 2.31. The molecule has 1 aromatic heterocycles. The monoisotopic (exact) mass is 351 g/mol. The third-order valence-electron chi connectivity index (χ3n) is 4.98. The molecule has 0 N–H and O–H groups in total. The first-order chi connectivity index (χ1) is 12.6. The number of carbonyl (C=O) groups is 2. The van der Waals surface area contributed by atoms with Gasteiger partial charge in [-0.2, -0.15) is 0 Å². The van der Waals surface area contributed by atoms with E-state index >= 15 is 0 Å². The molecular formula is C21H25N3O2. The van der Waals surface area contributed by atoms with Gasteiger partial charge in [0.1, 0.15) is 0 Å². The molecule has 0 spiro atoms. The van der Waals surface area contributed by atoms with Gasteiger partial charge in [0, 0.05) is 44.0 Å². The molecule has 2 aromatic rings. The predicted molar refractivity (Wildman–Crippen MR) is 101 cm³/mol. The lowest BCUT2D eigenvalue weighted by Crippen LogP contribution is -2.43. The van der Waals surface area contributed by atoms with Crippen molar-refractivity contribution in [2.24, 2.45) is 0 Å². The van der Waals surface area contributed by atoms with Crippen molar-refractivity contribution < 1.29 is 9.59 Å². The first kappa shape index (κ1) is 18.1. The fraction of sp³-hybridized carbons (Fsp3) is 0.381. The highest BCUT2D eigenvalue weighted by Crippen LogP contribution is 2.20. The Morgan fingerprint density at radius 2 is 1.96 bits per heavy atom. The molecule has 1 aromatic carbocycles. The van der Waals surface area contributed by atoms with Gasteiger partial charge in [-0.1, -0.05) is 37.3 Å². The van der Waals surface area contributed by atoms with Gasteiger partial charge >= 0.3 is 0 Å². The molecule has 1 saturated heterocycles. The van der Waals surface area contributed by atoms with Crippen molar-refractivity contribution in [1.29, 1.82) is 0 Å². The first-order valence-electron chi connectivity index (χ1n) is 9.14. The summed E-state index contributed by atoms with van der Waals surface area (Å²) in [7, 11) is 0. The quantitative estimate of drug-likeness (QED) is 0.851. The Labute approximate surface area is 154 Å². The molecule has 1 aliphatic rings. The van der Waals surface area contributed by atoms with Gasteiger partial charge in [-0.05, 0) is 31.0 Å². The average Bonchev–Trinajstić information content (AvgIpc) is 2.82. The zero-order valence-electron chi connectivity index (χ0n) is 15.4. The molecule has 0 radical (unpaired) electrons. The highest BCUT2D eigenvalue weighted by atomic mass is 16.2. The molecular weight excluding hydrogens is 326 g/mol. The van der Waals surface area contributed by atoms with Gasteiger partial charge in [0.15, 0.2) is 0 Å². The van der Waals surface area contributed by atoms with Crippen LogP contribution in [0, 0.1) is 6.92 Å². The van der Waals surface area contributed by atoms with E-state index in [1.54, 1.807) is 23.2 Å². The summed E-state index contributed by atoms with van der Waals surface area (Å²) >= 11 is 0. The van der Waals surface area contributed by atoms with E-state index < -0.39 is 0 Å². The van der Waals surface area contributed by atoms with E-state index in [1.165, 1.54) is 0 Å². The SMILES string of the molecule is CC[C@@H]1CN(C(=O)c2cccnc2C)CCC(=O)N1Cc1ccccc1. The number of aromatic nitrogens is 1. The molecule has 0 unspecified atom stereocenters. The van der Waals surface area contributed by atoms with Crippen LogP contribution in [0.3, 0.4) is 0 Å². The maximum Gasteiger partial charge on any atom is 0.255 e. The van der Waals surface area contributed by atoms with Crippen molar-refractivity contribution in [3.63, 3.8) is 0 Å². The topological polar surface area (TPSA) is 53.5 Å². The molecule has 136 valence electrons. The highest BCUT2D eigenvalue weighted by molar-refractivity contribution is 5.95. The number of nitrogens with zero attached hydrogens (tertiary/aromatic N) is 3. The summed E-state index contributed by atoms with van der Waals surface area (Å²) in [6.45, 7) is 5.51. The fourth-order valence-electron chi connectivity index (χ4n) is 3.43. The normalized spacial score (nSPS) is 17.9. The third-order valence-corrected chi connectivity index (χ3v) is 4.98. The summed E-state index contributed by atoms with van der Waals surface area (Å²) in [6.07, 6.45) is 2.86. The van der Waals surface area contributed by atoms with Crippen LogP contribution in [0.15, 0.2) is 48.7 Å². The van der Waals surface area contributed by atoms with Gasteiger partial charge in [-0.15, -0.1) is 0 Å². The van der Waals surface area contributed by atoms with Gasteiger partial charge in [0.05, 0.1) is 5.56 Å². The van der Waals surface area contributed by atoms with E-state index in [4.69, 9.17) is 0 Å². The van der Waals surface area contributed by atoms with Crippen LogP contribution in [0.1, 0.15) is 41.4 Å². The summed E-state index contributed by atoms with van der Waals surface area (Å²) < 4.78 is 0. The van der Waals surface area contributed by atoms with Crippen molar-refractivity contribution in [3.8, 4) is 0 Å². The molecule has 3 rings (SSSR count). The molecule has 5 heteroatoms. The van der Waals surface area contributed by atoms with Crippen LogP contribution in [0.4, 0.5) is 0 Å². The molecule has 5 nitrogen and oxygen atoms in total. The first-order valence-corrected chi connectivity index (χ1v) is 9.14. The molecule has 1 atom stereocenters. The number of hydrogen-bond acceptors (Lipinski definition) is 3. The molecule has 1 aliphatic heterocycles. The maximum atomic E-state index is 13.0. The minimum Gasteiger partial charge on any atom is -0.336 e. The van der Waals surface area contributed by atoms with Crippen LogP contribution in [-0.4, -0.2) is 45.7 Å². The summed E-state index contributed by atoms with van der Waals surface area (Å²) in [6, 6.07) is 13.6. The Balaban J connectivity index is 1.80. The minimum absolute atomic E-state index is 0.0196. The smallest absolute Gasteiger partial charge is 0.255 e. The second-order valence-corrected chi connectivity index (χ2v) is 6.71. The van der Waals surface area contributed by atoms with Crippen molar-refractivity contribution in [1.82, 2.24) is 14.8 Å². The summed E-state index contributed by atoms with van der Waals surface area (Å²) in [5.41, 5.74) is 2.45. The van der Waals surface area contributed by atoms with Crippen LogP contribution in [-0.2, 0) is 11.3 Å². The lowest BCUT2D eigenvalue weighted by molar-refractivity contribution is -0.133. The second kappa shape index (κ2) is 8.13. The van der Waals surface area contributed by atoms with Gasteiger partial charge in [0.2, 0.25) is 5.91 Å². The number of aryl methyl sites for hydroxylation is 1. The van der Waals surface area contributed by atoms with Crippen molar-refractivity contribution >= 4 is 11.8 Å². The molecule has 26 heavy (non-hydrogen) atoms. The number of benzene rings is 1. The van der Waals surface area contributed by atoms with E-state index in [1.807, 2.05) is 42.2 Å². The largest absolute Gasteiger partial charge is 0.336 e. The number of carbonyl (C=O) groups excluding carboxylic acids is 2. The van der Waals surface area contributed by atoms with Gasteiger partial charge in [0.25, 0.3) is 5.91 Å². The lowest BCUT2D eigenvalue weighted by Gasteiger charge is -2.31. The Kier molecular flexibility index (Phi) is 5.66. The van der Waals surface area contributed by atoms with Gasteiger partial charge in [-0.25, -0.2) is 0 Å². The van der Waals surface area contributed by atoms with Gasteiger partial charge in [-0.3, -0.25) is 14.6 Å². The zero-order valence-corrected chi connectivity index (χ0v) is 15.4. The summed E-state index contributed by atoms with van der Waals surface area (Å²) in [5, 5.41) is 0. The Bertz CT molecular complexity index is 776. The number of pyridine rings is 1. The molecule has 0 aliphatic carbocycles. The number of rotatable bonds is 4. The number of amides is 2. The lowest BCUT2D eigenvalue weighted by atomic mass is 10.1. The molecule has 2 heterocycles. The van der Waals surface area contributed by atoms with Crippen molar-refractivity contribution in [3.05, 3.63) is 65.5 Å². The Morgan fingerprint density at radius 1 is 1.19 bits per heavy atom. The Hall–Kier alpha value is -2.69. The Morgan fingerprint density at radius 3 is 2.65 bits per heavy atom. The zero-order chi connectivity index (χ0) is 18.5. The molecule has 1 fully saturated rings. The predicted octanol–water partition coefficient (Wildman–Crippen LogP) is 3.04. The summed E-state index contributed by atoms with van der Waals surface area (Å²) in [4.78, 5) is 33.7. The standard InChI is InChI=1S/C21H25N3O2/c1-3-18-15-23(21(26)19-10-7-12-22-16(19)2)13-11-20(25)24(18)14-17-8-5-4-6-9-17/h4-10,12,18H,3,11,13-15H2,1-2H3/t18-/m1/s1. The fourth-order valence-corrected chi connectivity index (χ4v) is 3.43. The van der Waals surface area contributed by atoms with Crippen LogP contribution >= 0.6 is 0 Å². The minimum atomic E-state index is -0.0385. The second-order valence-electron chi connectivity index (χ2n) is 6.71. The van der Waals surface area contributed by atoms with Crippen LogP contribution < -0.4 is 0 Å². The van der Waals surface area contributed by atoms with E-state index in [0.717, 1.165) is 17.7 Å². The summed E-state index contributed by atoms with van der Waals surface area (Å²) in [5.74, 6) is 0.0716. The van der Waals surface area contributed by atoms with Gasteiger partial charge < -0.3 is 9.80 Å². The van der Waals surface area contributed by atoms with Crippen molar-refractivity contribution in [2.45, 2.75) is 39.3 Å². The third kappa shape index (κ3) is 3.93. The van der Waals surface area contributed by atoms with Crippen LogP contribution in [0.2, 0.25) is 0 Å². The van der Waals surface area contributed by atoms with Crippen LogP contribution in [0.25, 0.3) is 0 Å². The van der Waals surface area contributed by atoms with E-state index in [-0.39, 0.29) is 17.9 Å². The number of hydrogen-bond donors (Lipinski definition) is 0.